The molecule has 0 spiro atoms. The molecule has 0 amide bonds. The standard InChI is InChI=1S/C50H39NO/c1-3-47(49-48(36(2)52)45-26-16-17-27-46(45)50(49,41-22-12-6-13-23-41)42-24-14-7-15-25-42)51(43-32-28-39(29-33-43)37-18-8-4-9-19-37)44-34-30-40(31-35-44)38-20-10-5-11-21-38/h3-35,52H,1H2,2H3/b48-36+,49-47?. The van der Waals surface area contributed by atoms with Crippen LogP contribution < -0.4 is 4.90 Å². The summed E-state index contributed by atoms with van der Waals surface area (Å²) in [5, 5.41) is 11.8. The summed E-state index contributed by atoms with van der Waals surface area (Å²) in [6.07, 6.45) is 1.96. The quantitative estimate of drug-likeness (QED) is 0.163. The highest BCUT2D eigenvalue weighted by Crippen LogP contribution is 2.59. The smallest absolute Gasteiger partial charge is 0.0974 e. The van der Waals surface area contributed by atoms with Crippen LogP contribution in [0.2, 0.25) is 0 Å². The van der Waals surface area contributed by atoms with Gasteiger partial charge in [-0.25, -0.2) is 0 Å². The van der Waals surface area contributed by atoms with E-state index in [-0.39, 0.29) is 5.76 Å². The van der Waals surface area contributed by atoms with Crippen molar-refractivity contribution in [3.8, 4) is 22.3 Å². The molecular formula is C50H39NO. The second-order valence-electron chi connectivity index (χ2n) is 13.1. The summed E-state index contributed by atoms with van der Waals surface area (Å²) in [6, 6.07) is 68.2. The normalized spacial score (nSPS) is 15.0. The minimum Gasteiger partial charge on any atom is -0.512 e. The predicted molar refractivity (Wildman–Crippen MR) is 218 cm³/mol. The van der Waals surface area contributed by atoms with Crippen LogP contribution in [0.15, 0.2) is 224 Å². The van der Waals surface area contributed by atoms with Crippen molar-refractivity contribution in [2.24, 2.45) is 0 Å². The zero-order chi connectivity index (χ0) is 35.5. The van der Waals surface area contributed by atoms with Gasteiger partial charge in [0, 0.05) is 22.5 Å². The third kappa shape index (κ3) is 5.55. The number of anilines is 2. The Balaban J connectivity index is 1.46. The lowest BCUT2D eigenvalue weighted by Gasteiger charge is -2.38. The van der Waals surface area contributed by atoms with Crippen molar-refractivity contribution in [2.75, 3.05) is 4.90 Å². The molecule has 2 nitrogen and oxygen atoms in total. The Hall–Kier alpha value is -6.64. The van der Waals surface area contributed by atoms with Crippen LogP contribution in [0, 0.1) is 0 Å². The molecule has 0 unspecified atom stereocenters. The predicted octanol–water partition coefficient (Wildman–Crippen LogP) is 12.9. The maximum Gasteiger partial charge on any atom is 0.0974 e. The number of rotatable bonds is 8. The van der Waals surface area contributed by atoms with E-state index in [1.165, 1.54) is 0 Å². The maximum absolute atomic E-state index is 11.8. The van der Waals surface area contributed by atoms with Gasteiger partial charge in [0.1, 0.15) is 0 Å². The molecule has 0 bridgehead atoms. The van der Waals surface area contributed by atoms with Gasteiger partial charge < -0.3 is 10.0 Å². The van der Waals surface area contributed by atoms with Crippen molar-refractivity contribution >= 4 is 16.9 Å². The molecule has 0 saturated heterocycles. The third-order valence-electron chi connectivity index (χ3n) is 10.2. The van der Waals surface area contributed by atoms with Gasteiger partial charge >= 0.3 is 0 Å². The molecule has 1 aliphatic rings. The monoisotopic (exact) mass is 669 g/mol. The van der Waals surface area contributed by atoms with E-state index in [1.54, 1.807) is 6.92 Å². The highest BCUT2D eigenvalue weighted by Gasteiger charge is 2.51. The summed E-state index contributed by atoms with van der Waals surface area (Å²) < 4.78 is 0. The van der Waals surface area contributed by atoms with Crippen molar-refractivity contribution in [1.82, 2.24) is 0 Å². The highest BCUT2D eigenvalue weighted by atomic mass is 16.3. The Kier molecular flexibility index (Phi) is 8.73. The Bertz CT molecular complexity index is 2260. The second kappa shape index (κ2) is 13.9. The number of benzene rings is 7. The molecule has 0 aliphatic heterocycles. The van der Waals surface area contributed by atoms with Crippen LogP contribution in [-0.4, -0.2) is 5.11 Å². The van der Waals surface area contributed by atoms with Gasteiger partial charge in [-0.1, -0.05) is 176 Å². The molecule has 52 heavy (non-hydrogen) atoms. The molecular weight excluding hydrogens is 631 g/mol. The first kappa shape index (κ1) is 32.6. The van der Waals surface area contributed by atoms with Crippen molar-refractivity contribution < 1.29 is 5.11 Å². The van der Waals surface area contributed by atoms with E-state index in [0.717, 1.165) is 72.7 Å². The van der Waals surface area contributed by atoms with Gasteiger partial charge in [0.05, 0.1) is 16.9 Å². The molecule has 250 valence electrons. The fourth-order valence-corrected chi connectivity index (χ4v) is 7.92. The number of aliphatic hydroxyl groups excluding tert-OH is 1. The number of aliphatic hydroxyl groups is 1. The Morgan fingerprint density at radius 3 is 1.31 bits per heavy atom. The van der Waals surface area contributed by atoms with Gasteiger partial charge in [0.15, 0.2) is 0 Å². The summed E-state index contributed by atoms with van der Waals surface area (Å²) in [5.41, 5.74) is 12.8. The number of nitrogens with zero attached hydrogens (tertiary/aromatic N) is 1. The molecule has 2 heteroatoms. The van der Waals surface area contributed by atoms with Gasteiger partial charge in [-0.05, 0) is 81.8 Å². The molecule has 0 saturated carbocycles. The molecule has 7 aromatic rings. The first-order valence-electron chi connectivity index (χ1n) is 17.7. The van der Waals surface area contributed by atoms with E-state index in [1.807, 2.05) is 18.2 Å². The molecule has 0 radical (unpaired) electrons. The number of hydrogen-bond donors (Lipinski definition) is 1. The van der Waals surface area contributed by atoms with Crippen LogP contribution in [0.4, 0.5) is 11.4 Å². The van der Waals surface area contributed by atoms with Gasteiger partial charge in [-0.3, -0.25) is 0 Å². The molecule has 0 fully saturated rings. The molecule has 0 atom stereocenters. The van der Waals surface area contributed by atoms with Crippen molar-refractivity contribution in [3.05, 3.63) is 246 Å². The van der Waals surface area contributed by atoms with Crippen LogP contribution >= 0.6 is 0 Å². The molecule has 0 aromatic heterocycles. The van der Waals surface area contributed by atoms with E-state index in [4.69, 9.17) is 0 Å². The molecule has 7 aromatic carbocycles. The van der Waals surface area contributed by atoms with E-state index < -0.39 is 5.41 Å². The Labute approximate surface area is 306 Å². The van der Waals surface area contributed by atoms with E-state index in [9.17, 15) is 5.11 Å². The Morgan fingerprint density at radius 1 is 0.500 bits per heavy atom. The SMILES string of the molecule is C=CC(=C1/C(=C(\C)O)c2ccccc2C1(c1ccccc1)c1ccccc1)N(c1ccc(-c2ccccc2)cc1)c1ccc(-c2ccccc2)cc1. The lowest BCUT2D eigenvalue weighted by atomic mass is 9.66. The van der Waals surface area contributed by atoms with Crippen LogP contribution in [0.1, 0.15) is 29.2 Å². The fraction of sp³-hybridized carbons (Fsp3) is 0.0400. The summed E-state index contributed by atoms with van der Waals surface area (Å²) in [4.78, 5) is 2.29. The summed E-state index contributed by atoms with van der Waals surface area (Å²) in [5.74, 6) is 0.259. The average molecular weight is 670 g/mol. The van der Waals surface area contributed by atoms with Gasteiger partial charge in [-0.2, -0.15) is 0 Å². The number of fused-ring (bicyclic) bond motifs is 1. The van der Waals surface area contributed by atoms with Crippen LogP contribution in [0.5, 0.6) is 0 Å². The van der Waals surface area contributed by atoms with Gasteiger partial charge in [-0.15, -0.1) is 0 Å². The molecule has 8 rings (SSSR count). The van der Waals surface area contributed by atoms with Gasteiger partial charge in [0.2, 0.25) is 0 Å². The zero-order valence-corrected chi connectivity index (χ0v) is 29.2. The number of allylic oxidation sites excluding steroid dienone is 4. The lowest BCUT2D eigenvalue weighted by molar-refractivity contribution is 0.417. The van der Waals surface area contributed by atoms with Crippen LogP contribution in [0.25, 0.3) is 27.8 Å². The minimum atomic E-state index is -0.770. The molecule has 1 aliphatic carbocycles. The second-order valence-corrected chi connectivity index (χ2v) is 13.1. The van der Waals surface area contributed by atoms with Crippen LogP contribution in [-0.2, 0) is 5.41 Å². The first-order chi connectivity index (χ1) is 25.6. The summed E-state index contributed by atoms with van der Waals surface area (Å²) in [6.45, 7) is 6.31. The fourth-order valence-electron chi connectivity index (χ4n) is 7.92. The van der Waals surface area contributed by atoms with Crippen molar-refractivity contribution in [2.45, 2.75) is 12.3 Å². The van der Waals surface area contributed by atoms with E-state index in [0.29, 0.717) is 0 Å². The zero-order valence-electron chi connectivity index (χ0n) is 29.2. The Morgan fingerprint density at radius 2 is 0.885 bits per heavy atom. The van der Waals surface area contributed by atoms with Crippen molar-refractivity contribution in [1.29, 1.82) is 0 Å². The van der Waals surface area contributed by atoms with Crippen LogP contribution in [0.3, 0.4) is 0 Å². The lowest BCUT2D eigenvalue weighted by Crippen LogP contribution is -2.32. The minimum absolute atomic E-state index is 0.259. The van der Waals surface area contributed by atoms with Crippen molar-refractivity contribution in [3.63, 3.8) is 0 Å². The highest BCUT2D eigenvalue weighted by molar-refractivity contribution is 5.97. The van der Waals surface area contributed by atoms with E-state index >= 15 is 0 Å². The summed E-state index contributed by atoms with van der Waals surface area (Å²) in [7, 11) is 0. The molecule has 1 N–H and O–H groups in total. The first-order valence-corrected chi connectivity index (χ1v) is 17.7. The summed E-state index contributed by atoms with van der Waals surface area (Å²) >= 11 is 0. The van der Waals surface area contributed by atoms with Gasteiger partial charge in [0.25, 0.3) is 0 Å². The number of hydrogen-bond acceptors (Lipinski definition) is 2. The third-order valence-corrected chi connectivity index (χ3v) is 10.2. The average Bonchev–Trinajstić information content (AvgIpc) is 3.53. The largest absolute Gasteiger partial charge is 0.512 e. The molecule has 0 heterocycles. The maximum atomic E-state index is 11.8. The topological polar surface area (TPSA) is 23.5 Å². The van der Waals surface area contributed by atoms with E-state index in [2.05, 4.69) is 193 Å².